The highest BCUT2D eigenvalue weighted by atomic mass is 32.2. The first-order valence-corrected chi connectivity index (χ1v) is 5.72. The zero-order valence-corrected chi connectivity index (χ0v) is 7.84. The van der Waals surface area contributed by atoms with Gasteiger partial charge in [-0.05, 0) is 6.08 Å². The van der Waals surface area contributed by atoms with Crippen LogP contribution in [0.15, 0.2) is 12.7 Å². The van der Waals surface area contributed by atoms with Crippen molar-refractivity contribution in [2.24, 2.45) is 0 Å². The van der Waals surface area contributed by atoms with Crippen molar-refractivity contribution < 1.29 is 4.79 Å². The van der Waals surface area contributed by atoms with Gasteiger partial charge in [-0.3, -0.25) is 4.79 Å². The molecule has 1 amide bonds. The molecule has 1 heterocycles. The molecule has 0 aromatic heterocycles. The van der Waals surface area contributed by atoms with E-state index in [1.54, 1.807) is 0 Å². The van der Waals surface area contributed by atoms with E-state index in [0.717, 1.165) is 16.6 Å². The lowest BCUT2D eigenvalue weighted by atomic mass is 10.4. The van der Waals surface area contributed by atoms with E-state index in [0.29, 0.717) is 6.04 Å². The molecule has 62 valence electrons. The van der Waals surface area contributed by atoms with Crippen LogP contribution in [0.25, 0.3) is 0 Å². The van der Waals surface area contributed by atoms with Crippen molar-refractivity contribution in [3.8, 4) is 0 Å². The van der Waals surface area contributed by atoms with Crippen LogP contribution in [0.3, 0.4) is 0 Å². The topological polar surface area (TPSA) is 29.1 Å². The Morgan fingerprint density at radius 3 is 2.73 bits per heavy atom. The van der Waals surface area contributed by atoms with Gasteiger partial charge in [-0.1, -0.05) is 6.58 Å². The molecule has 1 fully saturated rings. The van der Waals surface area contributed by atoms with Gasteiger partial charge in [0.05, 0.1) is 0 Å². The highest BCUT2D eigenvalue weighted by molar-refractivity contribution is 8.16. The summed E-state index contributed by atoms with van der Waals surface area (Å²) in [5.74, 6) is 2.01. The molecule has 0 aliphatic carbocycles. The summed E-state index contributed by atoms with van der Waals surface area (Å²) in [7, 11) is 0. The molecule has 4 heteroatoms. The minimum Gasteiger partial charge on any atom is -0.348 e. The van der Waals surface area contributed by atoms with E-state index in [9.17, 15) is 4.79 Å². The third-order valence-electron chi connectivity index (χ3n) is 1.34. The lowest BCUT2D eigenvalue weighted by Gasteiger charge is -2.21. The van der Waals surface area contributed by atoms with Crippen LogP contribution < -0.4 is 5.32 Å². The summed E-state index contributed by atoms with van der Waals surface area (Å²) in [4.78, 5) is 10.8. The molecule has 0 spiro atoms. The zero-order valence-electron chi connectivity index (χ0n) is 6.21. The summed E-state index contributed by atoms with van der Waals surface area (Å²) < 4.78 is 0. The summed E-state index contributed by atoms with van der Waals surface area (Å²) in [6.07, 6.45) is 1.32. The van der Waals surface area contributed by atoms with Gasteiger partial charge in [-0.25, -0.2) is 0 Å². The molecule has 1 aliphatic heterocycles. The molecule has 0 radical (unpaired) electrons. The third kappa shape index (κ3) is 3.20. The SMILES string of the molecule is C=CC(=O)NC1CSCSC1. The maximum absolute atomic E-state index is 10.8. The fourth-order valence-electron chi connectivity index (χ4n) is 0.831. The fourth-order valence-corrected chi connectivity index (χ4v) is 3.19. The van der Waals surface area contributed by atoms with Gasteiger partial charge in [0.2, 0.25) is 5.91 Å². The van der Waals surface area contributed by atoms with Crippen LogP contribution in [-0.2, 0) is 4.79 Å². The van der Waals surface area contributed by atoms with Crippen LogP contribution >= 0.6 is 23.5 Å². The maximum atomic E-state index is 10.8. The quantitative estimate of drug-likeness (QED) is 0.659. The Balaban J connectivity index is 2.24. The van der Waals surface area contributed by atoms with Gasteiger partial charge in [0.15, 0.2) is 0 Å². The van der Waals surface area contributed by atoms with Crippen LogP contribution in [0.1, 0.15) is 0 Å². The number of thioether (sulfide) groups is 2. The number of amides is 1. The number of carbonyl (C=O) groups excluding carboxylic acids is 1. The molecule has 0 bridgehead atoms. The first-order valence-electron chi connectivity index (χ1n) is 3.41. The Kier molecular flexibility index (Phi) is 3.86. The van der Waals surface area contributed by atoms with E-state index in [-0.39, 0.29) is 5.91 Å². The zero-order chi connectivity index (χ0) is 8.10. The summed E-state index contributed by atoms with van der Waals surface area (Å²) in [6.45, 7) is 3.40. The molecule has 2 nitrogen and oxygen atoms in total. The monoisotopic (exact) mass is 189 g/mol. The first kappa shape index (κ1) is 9.00. The minimum absolute atomic E-state index is 0.0573. The van der Waals surface area contributed by atoms with E-state index < -0.39 is 0 Å². The highest BCUT2D eigenvalue weighted by Crippen LogP contribution is 2.20. The average Bonchev–Trinajstić information content (AvgIpc) is 2.06. The molecular formula is C7H11NOS2. The lowest BCUT2D eigenvalue weighted by molar-refractivity contribution is -0.116. The predicted molar refractivity (Wildman–Crippen MR) is 51.9 cm³/mol. The Bertz CT molecular complexity index is 155. The third-order valence-corrected chi connectivity index (χ3v) is 3.95. The molecular weight excluding hydrogens is 178 g/mol. The number of hydrogen-bond donors (Lipinski definition) is 1. The average molecular weight is 189 g/mol. The molecule has 0 unspecified atom stereocenters. The van der Waals surface area contributed by atoms with Crippen molar-refractivity contribution in [1.29, 1.82) is 0 Å². The van der Waals surface area contributed by atoms with Crippen molar-refractivity contribution in [3.63, 3.8) is 0 Å². The Morgan fingerprint density at radius 2 is 2.18 bits per heavy atom. The maximum Gasteiger partial charge on any atom is 0.243 e. The number of rotatable bonds is 2. The van der Waals surface area contributed by atoms with E-state index in [4.69, 9.17) is 0 Å². The largest absolute Gasteiger partial charge is 0.348 e. The van der Waals surface area contributed by atoms with Gasteiger partial charge in [0.1, 0.15) is 0 Å². The van der Waals surface area contributed by atoms with E-state index >= 15 is 0 Å². The van der Waals surface area contributed by atoms with Gasteiger partial charge in [0, 0.05) is 22.6 Å². The Labute approximate surface area is 75.2 Å². The first-order chi connectivity index (χ1) is 5.33. The number of carbonyl (C=O) groups is 1. The molecule has 1 saturated heterocycles. The normalized spacial score (nSPS) is 19.3. The summed E-state index contributed by atoms with van der Waals surface area (Å²) in [5.41, 5.74) is 0. The number of hydrogen-bond acceptors (Lipinski definition) is 3. The van der Waals surface area contributed by atoms with Crippen LogP contribution in [-0.4, -0.2) is 28.5 Å². The van der Waals surface area contributed by atoms with Crippen LogP contribution in [0.4, 0.5) is 0 Å². The van der Waals surface area contributed by atoms with E-state index in [1.807, 2.05) is 23.5 Å². The Hall–Kier alpha value is -0.0900. The highest BCUT2D eigenvalue weighted by Gasteiger charge is 2.14. The standard InChI is InChI=1S/C7H11NOS2/c1-2-7(9)8-6-3-10-5-11-4-6/h2,6H,1,3-5H2,(H,8,9). The van der Waals surface area contributed by atoms with Crippen LogP contribution in [0, 0.1) is 0 Å². The summed E-state index contributed by atoms with van der Waals surface area (Å²) in [6, 6.07) is 0.337. The second-order valence-corrected chi connectivity index (χ2v) is 4.70. The van der Waals surface area contributed by atoms with Gasteiger partial charge in [0.25, 0.3) is 0 Å². The van der Waals surface area contributed by atoms with E-state index in [1.165, 1.54) is 6.08 Å². The molecule has 1 N–H and O–H groups in total. The number of nitrogens with one attached hydrogen (secondary N) is 1. The lowest BCUT2D eigenvalue weighted by Crippen LogP contribution is -2.38. The molecule has 0 atom stereocenters. The Morgan fingerprint density at radius 1 is 1.55 bits per heavy atom. The minimum atomic E-state index is -0.0573. The summed E-state index contributed by atoms with van der Waals surface area (Å²) >= 11 is 3.74. The fraction of sp³-hybridized carbons (Fsp3) is 0.571. The van der Waals surface area contributed by atoms with Gasteiger partial charge in [-0.2, -0.15) is 0 Å². The van der Waals surface area contributed by atoms with Crippen molar-refractivity contribution in [1.82, 2.24) is 5.32 Å². The van der Waals surface area contributed by atoms with Crippen molar-refractivity contribution in [2.45, 2.75) is 6.04 Å². The van der Waals surface area contributed by atoms with Crippen LogP contribution in [0.5, 0.6) is 0 Å². The molecule has 0 saturated carbocycles. The second kappa shape index (κ2) is 4.72. The van der Waals surface area contributed by atoms with Gasteiger partial charge < -0.3 is 5.32 Å². The van der Waals surface area contributed by atoms with E-state index in [2.05, 4.69) is 11.9 Å². The van der Waals surface area contributed by atoms with Crippen molar-refractivity contribution >= 4 is 29.4 Å². The van der Waals surface area contributed by atoms with Crippen molar-refractivity contribution in [3.05, 3.63) is 12.7 Å². The van der Waals surface area contributed by atoms with Gasteiger partial charge >= 0.3 is 0 Å². The molecule has 1 rings (SSSR count). The summed E-state index contributed by atoms with van der Waals surface area (Å²) in [5, 5.41) is 4.02. The molecule has 11 heavy (non-hydrogen) atoms. The predicted octanol–water partition coefficient (Wildman–Crippen LogP) is 1.09. The molecule has 1 aliphatic rings. The second-order valence-electron chi connectivity index (χ2n) is 2.27. The van der Waals surface area contributed by atoms with Gasteiger partial charge in [-0.15, -0.1) is 23.5 Å². The van der Waals surface area contributed by atoms with Crippen LogP contribution in [0.2, 0.25) is 0 Å². The molecule has 0 aromatic rings. The molecule has 0 aromatic carbocycles. The smallest absolute Gasteiger partial charge is 0.243 e. The van der Waals surface area contributed by atoms with Crippen molar-refractivity contribution in [2.75, 3.05) is 16.6 Å².